The van der Waals surface area contributed by atoms with Crippen molar-refractivity contribution in [3.63, 3.8) is 0 Å². The molecule has 3 fully saturated rings. The number of fused-ring (bicyclic) bond motifs is 3. The monoisotopic (exact) mass is 454 g/mol. The van der Waals surface area contributed by atoms with Crippen LogP contribution in [0.5, 0.6) is 0 Å². The molecule has 0 spiro atoms. The second-order valence-electron chi connectivity index (χ2n) is 9.14. The van der Waals surface area contributed by atoms with E-state index in [1.165, 1.54) is 0 Å². The number of pyridine rings is 1. The van der Waals surface area contributed by atoms with Crippen LogP contribution < -0.4 is 5.32 Å². The molecule has 7 rings (SSSR count). The molecule has 2 saturated heterocycles. The van der Waals surface area contributed by atoms with Crippen LogP contribution in [-0.2, 0) is 0 Å². The van der Waals surface area contributed by atoms with Gasteiger partial charge in [-0.25, -0.2) is 9.97 Å². The molecule has 2 aromatic carbocycles. The van der Waals surface area contributed by atoms with Crippen LogP contribution in [0.15, 0.2) is 66.7 Å². The fourth-order valence-electron chi connectivity index (χ4n) is 5.30. The first-order valence-electron chi connectivity index (χ1n) is 11.6. The number of thiazole rings is 1. The first kappa shape index (κ1) is 20.4. The number of amides is 1. The number of carbonyl (C=O) groups excluding carboxylic acids is 1. The summed E-state index contributed by atoms with van der Waals surface area (Å²) in [6.45, 7) is 2.68. The highest BCUT2D eigenvalue weighted by molar-refractivity contribution is 7.15. The van der Waals surface area contributed by atoms with Crippen molar-refractivity contribution in [3.05, 3.63) is 77.4 Å². The predicted octanol–water partition coefficient (Wildman–Crippen LogP) is 5.77. The van der Waals surface area contributed by atoms with E-state index < -0.39 is 0 Å². The number of rotatable bonds is 5. The van der Waals surface area contributed by atoms with E-state index in [4.69, 9.17) is 9.97 Å². The maximum Gasteiger partial charge on any atom is 0.274 e. The lowest BCUT2D eigenvalue weighted by Gasteiger charge is -2.53. The summed E-state index contributed by atoms with van der Waals surface area (Å²) in [6, 6.07) is 22.9. The Morgan fingerprint density at radius 3 is 2.64 bits per heavy atom. The molecular formula is C27H26N4OS. The van der Waals surface area contributed by atoms with Gasteiger partial charge in [-0.1, -0.05) is 48.5 Å². The number of aryl methyl sites for hydroxylation is 1. The number of nitrogens with one attached hydrogen (secondary N) is 1. The molecule has 166 valence electrons. The standard InChI is InChI=1S/C27H26N4OS/c1-17-29-25(26(33-17)20-8-3-2-4-9-20)27(32)31-21-13-18(14-21)15-22(31)16-28-24-12-11-19-7-5-6-10-23(19)30-24/h2-12,18,21-22H,13-16H2,1H3,(H,28,30). The SMILES string of the molecule is Cc1nc(C(=O)N2C(CNc3ccc4ccccc4n3)CC3CC2C3)c(-c2ccccc2)s1. The first-order valence-corrected chi connectivity index (χ1v) is 12.4. The summed E-state index contributed by atoms with van der Waals surface area (Å²) in [4.78, 5) is 26.4. The van der Waals surface area contributed by atoms with Gasteiger partial charge in [-0.3, -0.25) is 4.79 Å². The van der Waals surface area contributed by atoms with E-state index in [1.54, 1.807) is 11.3 Å². The molecule has 1 amide bonds. The summed E-state index contributed by atoms with van der Waals surface area (Å²) >= 11 is 1.60. The van der Waals surface area contributed by atoms with E-state index in [1.807, 2.05) is 49.4 Å². The highest BCUT2D eigenvalue weighted by Gasteiger charge is 2.47. The number of piperidine rings is 2. The average molecular weight is 455 g/mol. The van der Waals surface area contributed by atoms with Gasteiger partial charge in [0.05, 0.1) is 15.4 Å². The van der Waals surface area contributed by atoms with Gasteiger partial charge in [0.1, 0.15) is 11.5 Å². The van der Waals surface area contributed by atoms with Crippen LogP contribution in [0, 0.1) is 12.8 Å². The van der Waals surface area contributed by atoms with Crippen molar-refractivity contribution < 1.29 is 4.79 Å². The van der Waals surface area contributed by atoms with Crippen molar-refractivity contribution in [2.45, 2.75) is 38.3 Å². The molecule has 1 saturated carbocycles. The van der Waals surface area contributed by atoms with Gasteiger partial charge in [0.15, 0.2) is 0 Å². The molecule has 2 bridgehead atoms. The second-order valence-corrected chi connectivity index (χ2v) is 10.3. The zero-order chi connectivity index (χ0) is 22.4. The van der Waals surface area contributed by atoms with Crippen LogP contribution in [0.25, 0.3) is 21.3 Å². The molecule has 1 aliphatic carbocycles. The molecule has 1 atom stereocenters. The van der Waals surface area contributed by atoms with E-state index >= 15 is 0 Å². The van der Waals surface area contributed by atoms with Crippen molar-refractivity contribution in [1.29, 1.82) is 0 Å². The Labute approximate surface area is 197 Å². The molecule has 0 radical (unpaired) electrons. The quantitative estimate of drug-likeness (QED) is 0.416. The van der Waals surface area contributed by atoms with E-state index in [-0.39, 0.29) is 11.9 Å². The summed E-state index contributed by atoms with van der Waals surface area (Å²) in [7, 11) is 0. The van der Waals surface area contributed by atoms with Crippen molar-refractivity contribution in [1.82, 2.24) is 14.9 Å². The van der Waals surface area contributed by atoms with Gasteiger partial charge in [-0.15, -0.1) is 11.3 Å². The van der Waals surface area contributed by atoms with Crippen LogP contribution in [-0.4, -0.2) is 39.4 Å². The highest BCUT2D eigenvalue weighted by Crippen LogP contribution is 2.44. The number of nitrogens with zero attached hydrogens (tertiary/aromatic N) is 3. The number of aromatic nitrogens is 2. The van der Waals surface area contributed by atoms with Gasteiger partial charge in [-0.05, 0) is 55.9 Å². The predicted molar refractivity (Wildman–Crippen MR) is 134 cm³/mol. The zero-order valence-corrected chi connectivity index (χ0v) is 19.4. The fraction of sp³-hybridized carbons (Fsp3) is 0.296. The zero-order valence-electron chi connectivity index (χ0n) is 18.6. The third-order valence-electron chi connectivity index (χ3n) is 6.93. The van der Waals surface area contributed by atoms with E-state index in [2.05, 4.69) is 34.5 Å². The third kappa shape index (κ3) is 3.78. The maximum absolute atomic E-state index is 13.9. The number of hydrogen-bond donors (Lipinski definition) is 1. The Morgan fingerprint density at radius 1 is 1.00 bits per heavy atom. The Balaban J connectivity index is 1.26. The smallest absolute Gasteiger partial charge is 0.274 e. The molecule has 6 heteroatoms. The van der Waals surface area contributed by atoms with E-state index in [9.17, 15) is 4.79 Å². The molecule has 1 unspecified atom stereocenters. The lowest BCUT2D eigenvalue weighted by Crippen LogP contribution is -2.60. The molecule has 2 aliphatic heterocycles. The van der Waals surface area contributed by atoms with Crippen LogP contribution in [0.2, 0.25) is 0 Å². The topological polar surface area (TPSA) is 58.1 Å². The molecular weight excluding hydrogens is 428 g/mol. The summed E-state index contributed by atoms with van der Waals surface area (Å²) < 4.78 is 0. The summed E-state index contributed by atoms with van der Waals surface area (Å²) in [5, 5.41) is 5.57. The average Bonchev–Trinajstić information content (AvgIpc) is 3.23. The summed E-state index contributed by atoms with van der Waals surface area (Å²) in [5.74, 6) is 1.65. The van der Waals surface area contributed by atoms with Gasteiger partial charge in [-0.2, -0.15) is 0 Å². The fourth-order valence-corrected chi connectivity index (χ4v) is 6.21. The first-order chi connectivity index (χ1) is 16.2. The van der Waals surface area contributed by atoms with Crippen molar-refractivity contribution in [2.75, 3.05) is 11.9 Å². The Kier molecular flexibility index (Phi) is 5.10. The van der Waals surface area contributed by atoms with Gasteiger partial charge in [0.2, 0.25) is 0 Å². The van der Waals surface area contributed by atoms with E-state index in [0.717, 1.165) is 57.3 Å². The number of carbonyl (C=O) groups is 1. The lowest BCUT2D eigenvalue weighted by atomic mass is 9.70. The minimum atomic E-state index is 0.0691. The molecule has 5 nitrogen and oxygen atoms in total. The maximum atomic E-state index is 13.9. The van der Waals surface area contributed by atoms with E-state index in [0.29, 0.717) is 18.3 Å². The molecule has 33 heavy (non-hydrogen) atoms. The van der Waals surface area contributed by atoms with Gasteiger partial charge in [0, 0.05) is 24.0 Å². The third-order valence-corrected chi connectivity index (χ3v) is 7.95. The summed E-state index contributed by atoms with van der Waals surface area (Å²) in [6.07, 6.45) is 3.26. The Morgan fingerprint density at radius 2 is 1.79 bits per heavy atom. The van der Waals surface area contributed by atoms with Gasteiger partial charge < -0.3 is 10.2 Å². The highest BCUT2D eigenvalue weighted by atomic mass is 32.1. The minimum absolute atomic E-state index is 0.0691. The number of para-hydroxylation sites is 1. The number of benzene rings is 2. The van der Waals surface area contributed by atoms with Crippen LogP contribution >= 0.6 is 11.3 Å². The van der Waals surface area contributed by atoms with Crippen LogP contribution in [0.1, 0.15) is 34.8 Å². The van der Waals surface area contributed by atoms with Crippen molar-refractivity contribution >= 4 is 34.0 Å². The van der Waals surface area contributed by atoms with Crippen molar-refractivity contribution in [2.24, 2.45) is 5.92 Å². The van der Waals surface area contributed by atoms with Crippen LogP contribution in [0.3, 0.4) is 0 Å². The van der Waals surface area contributed by atoms with Crippen LogP contribution in [0.4, 0.5) is 5.82 Å². The normalized spacial score (nSPS) is 21.6. The Hall–Kier alpha value is -3.25. The lowest BCUT2D eigenvalue weighted by molar-refractivity contribution is -0.0144. The largest absolute Gasteiger partial charge is 0.368 e. The number of anilines is 1. The van der Waals surface area contributed by atoms with Gasteiger partial charge in [0.25, 0.3) is 5.91 Å². The number of hydrogen-bond acceptors (Lipinski definition) is 5. The van der Waals surface area contributed by atoms with Crippen molar-refractivity contribution in [3.8, 4) is 10.4 Å². The summed E-state index contributed by atoms with van der Waals surface area (Å²) in [5.41, 5.74) is 2.64. The molecule has 4 aromatic rings. The molecule has 4 heterocycles. The minimum Gasteiger partial charge on any atom is -0.368 e. The molecule has 2 aromatic heterocycles. The second kappa shape index (κ2) is 8.27. The Bertz CT molecular complexity index is 1310. The molecule has 3 aliphatic rings. The van der Waals surface area contributed by atoms with Gasteiger partial charge >= 0.3 is 0 Å². The molecule has 1 N–H and O–H groups in total.